The zero-order valence-corrected chi connectivity index (χ0v) is 21.0. The van der Waals surface area contributed by atoms with Crippen LogP contribution in [0.5, 0.6) is 0 Å². The summed E-state index contributed by atoms with van der Waals surface area (Å²) in [7, 11) is 0. The summed E-state index contributed by atoms with van der Waals surface area (Å²) in [5, 5.41) is 0. The summed E-state index contributed by atoms with van der Waals surface area (Å²) in [4.78, 5) is 61.6. The predicted octanol–water partition coefficient (Wildman–Crippen LogP) is 2.03. The third-order valence-corrected chi connectivity index (χ3v) is 5.84. The number of hydrogen-bond acceptors (Lipinski definition) is 10. The van der Waals surface area contributed by atoms with E-state index in [-0.39, 0.29) is 26.1 Å². The van der Waals surface area contributed by atoms with E-state index in [1.54, 1.807) is 0 Å². The second kappa shape index (κ2) is 14.1. The molecule has 0 aromatic rings. The van der Waals surface area contributed by atoms with Crippen molar-refractivity contribution in [3.05, 3.63) is 0 Å². The van der Waals surface area contributed by atoms with Crippen molar-refractivity contribution in [2.24, 2.45) is 0 Å². The van der Waals surface area contributed by atoms with Gasteiger partial charge in [-0.2, -0.15) is 0 Å². The van der Waals surface area contributed by atoms with Gasteiger partial charge in [0.25, 0.3) is 0 Å². The first kappa shape index (κ1) is 28.7. The highest BCUT2D eigenvalue weighted by atomic mass is 16.7. The highest BCUT2D eigenvalue weighted by molar-refractivity contribution is 6.02. The minimum Gasteiger partial charge on any atom is -0.463 e. The molecule has 0 unspecified atom stereocenters. The number of nitrogens with zero attached hydrogens (tertiary/aromatic N) is 1. The number of unbranched alkanes of at least 4 members (excludes halogenated alkanes) is 5. The van der Waals surface area contributed by atoms with E-state index in [2.05, 4.69) is 6.92 Å². The predicted molar refractivity (Wildman–Crippen MR) is 121 cm³/mol. The van der Waals surface area contributed by atoms with Crippen LogP contribution in [0.3, 0.4) is 0 Å². The summed E-state index contributed by atoms with van der Waals surface area (Å²) in [5.74, 6) is -2.93. The lowest BCUT2D eigenvalue weighted by Crippen LogP contribution is -2.67. The maximum Gasteiger partial charge on any atom is 0.303 e. The first-order chi connectivity index (χ1) is 16.6. The molecule has 2 aliphatic heterocycles. The van der Waals surface area contributed by atoms with Gasteiger partial charge in [-0.25, -0.2) is 0 Å². The summed E-state index contributed by atoms with van der Waals surface area (Å²) >= 11 is 0. The van der Waals surface area contributed by atoms with Crippen LogP contribution in [0.1, 0.15) is 79.1 Å². The van der Waals surface area contributed by atoms with Gasteiger partial charge in [-0.15, -0.1) is 0 Å². The van der Waals surface area contributed by atoms with Crippen LogP contribution in [0.25, 0.3) is 0 Å². The number of likely N-dealkylation sites (tertiary alicyclic amines) is 1. The molecule has 11 heteroatoms. The maximum absolute atomic E-state index is 12.6. The van der Waals surface area contributed by atoms with Crippen LogP contribution in [-0.2, 0) is 47.7 Å². The first-order valence-electron chi connectivity index (χ1n) is 12.3. The lowest BCUT2D eigenvalue weighted by molar-refractivity contribution is -0.289. The molecule has 0 N–H and O–H groups in total. The van der Waals surface area contributed by atoms with Crippen molar-refractivity contribution in [3.8, 4) is 0 Å². The van der Waals surface area contributed by atoms with Crippen LogP contribution in [-0.4, -0.2) is 78.5 Å². The third kappa shape index (κ3) is 8.57. The summed E-state index contributed by atoms with van der Waals surface area (Å²) in [5.41, 5.74) is 0. The third-order valence-electron chi connectivity index (χ3n) is 5.84. The van der Waals surface area contributed by atoms with Crippen molar-refractivity contribution in [1.82, 2.24) is 4.90 Å². The van der Waals surface area contributed by atoms with Crippen LogP contribution in [0.4, 0.5) is 0 Å². The van der Waals surface area contributed by atoms with Crippen LogP contribution >= 0.6 is 0 Å². The standard InChI is InChI=1S/C24H37NO10/c1-5-6-7-8-9-10-13-31-24-21(25-19(29)11-12-20(25)30)23(34-17(4)28)22(33-16(3)27)18(35-24)14-32-15(2)26/h18,21-24H,5-14H2,1-4H3/t18-,21-,22-,23-,24-/m1/s1. The van der Waals surface area contributed by atoms with Crippen LogP contribution in [0, 0.1) is 0 Å². The van der Waals surface area contributed by atoms with Crippen LogP contribution in [0.15, 0.2) is 0 Å². The zero-order valence-electron chi connectivity index (χ0n) is 21.0. The Morgan fingerprint density at radius 2 is 1.43 bits per heavy atom. The molecule has 2 rings (SSSR count). The van der Waals surface area contributed by atoms with Crippen LogP contribution < -0.4 is 0 Å². The number of amides is 2. The molecular formula is C24H37NO10. The van der Waals surface area contributed by atoms with Crippen molar-refractivity contribution in [2.75, 3.05) is 13.2 Å². The van der Waals surface area contributed by atoms with Crippen molar-refractivity contribution in [2.45, 2.75) is 110 Å². The molecule has 0 aromatic heterocycles. The van der Waals surface area contributed by atoms with Gasteiger partial charge in [-0.1, -0.05) is 39.0 Å². The average molecular weight is 500 g/mol. The minimum absolute atomic E-state index is 0.00137. The van der Waals surface area contributed by atoms with Gasteiger partial charge in [0.1, 0.15) is 18.8 Å². The molecule has 11 nitrogen and oxygen atoms in total. The summed E-state index contributed by atoms with van der Waals surface area (Å²) in [6.45, 7) is 5.64. The summed E-state index contributed by atoms with van der Waals surface area (Å²) in [6.07, 6.45) is 1.39. The minimum atomic E-state index is -1.27. The van der Waals surface area contributed by atoms with Gasteiger partial charge in [0.15, 0.2) is 18.5 Å². The van der Waals surface area contributed by atoms with Gasteiger partial charge in [0.05, 0.1) is 0 Å². The van der Waals surface area contributed by atoms with Gasteiger partial charge < -0.3 is 23.7 Å². The molecule has 0 saturated carbocycles. The van der Waals surface area contributed by atoms with Crippen molar-refractivity contribution in [3.63, 3.8) is 0 Å². The number of ether oxygens (including phenoxy) is 5. The van der Waals surface area contributed by atoms with Gasteiger partial charge in [0.2, 0.25) is 11.8 Å². The molecule has 35 heavy (non-hydrogen) atoms. The van der Waals surface area contributed by atoms with Gasteiger partial charge >= 0.3 is 17.9 Å². The SMILES string of the molecule is CCCCCCCCO[C@@H]1O[C@H](COC(C)=O)[C@@H](OC(C)=O)[C@H](OC(C)=O)[C@H]1N1C(=O)CCC1=O. The number of rotatable bonds is 13. The molecule has 2 aliphatic rings. The molecule has 2 amide bonds. The quantitative estimate of drug-likeness (QED) is 0.160. The number of carbonyl (C=O) groups excluding carboxylic acids is 5. The molecule has 198 valence electrons. The largest absolute Gasteiger partial charge is 0.463 e. The molecular weight excluding hydrogens is 462 g/mol. The Hall–Kier alpha value is -2.53. The smallest absolute Gasteiger partial charge is 0.303 e. The highest BCUT2D eigenvalue weighted by Crippen LogP contribution is 2.33. The van der Waals surface area contributed by atoms with Gasteiger partial charge in [0, 0.05) is 40.2 Å². The van der Waals surface area contributed by atoms with E-state index in [1.165, 1.54) is 6.92 Å². The van der Waals surface area contributed by atoms with E-state index in [4.69, 9.17) is 23.7 Å². The number of esters is 3. The van der Waals surface area contributed by atoms with Gasteiger partial charge in [-0.3, -0.25) is 28.9 Å². The Bertz CT molecular complexity index is 753. The molecule has 0 radical (unpaired) electrons. The highest BCUT2D eigenvalue weighted by Gasteiger charge is 2.56. The van der Waals surface area contributed by atoms with Gasteiger partial charge in [-0.05, 0) is 6.42 Å². The molecule has 2 fully saturated rings. The van der Waals surface area contributed by atoms with E-state index in [9.17, 15) is 24.0 Å². The molecule has 0 aromatic carbocycles. The van der Waals surface area contributed by atoms with Crippen LogP contribution in [0.2, 0.25) is 0 Å². The summed E-state index contributed by atoms with van der Waals surface area (Å²) < 4.78 is 28.0. The Labute approximate surface area is 205 Å². The molecule has 0 spiro atoms. The fraction of sp³-hybridized carbons (Fsp3) is 0.792. The van der Waals surface area contributed by atoms with Crippen molar-refractivity contribution in [1.29, 1.82) is 0 Å². The Balaban J connectivity index is 2.31. The fourth-order valence-electron chi connectivity index (χ4n) is 4.30. The van der Waals surface area contributed by atoms with Crippen molar-refractivity contribution < 1.29 is 47.7 Å². The monoisotopic (exact) mass is 499 g/mol. The maximum atomic E-state index is 12.6. The molecule has 0 aliphatic carbocycles. The van der Waals surface area contributed by atoms with E-state index < -0.39 is 60.4 Å². The molecule has 0 bridgehead atoms. The zero-order chi connectivity index (χ0) is 26.0. The lowest BCUT2D eigenvalue weighted by atomic mass is 9.95. The second-order valence-corrected chi connectivity index (χ2v) is 8.78. The van der Waals surface area contributed by atoms with E-state index in [1.807, 2.05) is 0 Å². The van der Waals surface area contributed by atoms with E-state index in [0.717, 1.165) is 57.3 Å². The fourth-order valence-corrected chi connectivity index (χ4v) is 4.30. The average Bonchev–Trinajstić information content (AvgIpc) is 3.10. The Morgan fingerprint density at radius 1 is 0.857 bits per heavy atom. The number of imide groups is 1. The van der Waals surface area contributed by atoms with E-state index >= 15 is 0 Å². The number of carbonyl (C=O) groups is 5. The molecule has 2 saturated heterocycles. The lowest BCUT2D eigenvalue weighted by Gasteiger charge is -2.47. The second-order valence-electron chi connectivity index (χ2n) is 8.78. The van der Waals surface area contributed by atoms with Crippen molar-refractivity contribution >= 4 is 29.7 Å². The Morgan fingerprint density at radius 3 is 2.00 bits per heavy atom. The number of hydrogen-bond donors (Lipinski definition) is 0. The Kier molecular flexibility index (Phi) is 11.6. The van der Waals surface area contributed by atoms with E-state index in [0.29, 0.717) is 0 Å². The normalized spacial score (nSPS) is 26.5. The topological polar surface area (TPSA) is 135 Å². The molecule has 5 atom stereocenters. The summed E-state index contributed by atoms with van der Waals surface area (Å²) in [6, 6.07) is -1.17. The first-order valence-corrected chi connectivity index (χ1v) is 12.3. The molecule has 2 heterocycles.